The Kier molecular flexibility index (Phi) is 4.84. The summed E-state index contributed by atoms with van der Waals surface area (Å²) < 4.78 is 13.1. The summed E-state index contributed by atoms with van der Waals surface area (Å²) in [7, 11) is 0. The Bertz CT molecular complexity index is 884. The maximum absolute atomic E-state index is 13.1. The molecule has 2 aromatic rings. The van der Waals surface area contributed by atoms with Crippen LogP contribution in [-0.2, 0) is 0 Å². The number of ketones is 2. The lowest BCUT2D eigenvalue weighted by Gasteiger charge is -2.27. The average Bonchev–Trinajstić information content (AvgIpc) is 3.15. The topological polar surface area (TPSA) is 62.3 Å². The lowest BCUT2D eigenvalue weighted by atomic mass is 9.93. The molecule has 1 N–H and O–H groups in total. The zero-order chi connectivity index (χ0) is 17.4. The Morgan fingerprint density at radius 2 is 1.69 bits per heavy atom. The number of likely N-dealkylation sites (tertiary alicyclic amines) is 1. The number of anilines is 1. The van der Waals surface area contributed by atoms with E-state index in [2.05, 4.69) is 10.3 Å². The van der Waals surface area contributed by atoms with E-state index in [9.17, 15) is 14.0 Å². The molecule has 1 saturated heterocycles. The average molecular weight is 353 g/mol. The van der Waals surface area contributed by atoms with Crippen LogP contribution in [0.3, 0.4) is 0 Å². The third kappa shape index (κ3) is 2.98. The third-order valence-corrected chi connectivity index (χ3v) is 4.48. The largest absolute Gasteiger partial charge is 0.367 e. The number of nitrogens with zero attached hydrogens (tertiary/aromatic N) is 2. The van der Waals surface area contributed by atoms with E-state index >= 15 is 0 Å². The van der Waals surface area contributed by atoms with Gasteiger partial charge in [-0.2, -0.15) is 0 Å². The molecule has 1 aromatic carbocycles. The van der Waals surface area contributed by atoms with Crippen LogP contribution in [0.2, 0.25) is 0 Å². The first kappa shape index (κ1) is 17.8. The number of hydrogen-bond acceptors (Lipinski definition) is 5. The molecule has 0 amide bonds. The Balaban J connectivity index is 0.00000196. The van der Waals surface area contributed by atoms with Crippen molar-refractivity contribution < 1.29 is 14.0 Å². The number of halogens is 1. The molecule has 1 aliphatic heterocycles. The second-order valence-corrected chi connectivity index (χ2v) is 6.11. The summed E-state index contributed by atoms with van der Waals surface area (Å²) in [5.74, 6) is -0.879. The highest BCUT2D eigenvalue weighted by Gasteiger charge is 2.37. The zero-order valence-corrected chi connectivity index (χ0v) is 13.5. The van der Waals surface area contributed by atoms with Crippen LogP contribution in [0.1, 0.15) is 41.1 Å². The minimum Gasteiger partial charge on any atom is -0.367 e. The van der Waals surface area contributed by atoms with Gasteiger partial charge in [0.15, 0.2) is 0 Å². The molecule has 2 heterocycles. The van der Waals surface area contributed by atoms with Crippen LogP contribution in [0.5, 0.6) is 0 Å². The molecule has 0 spiro atoms. The highest BCUT2D eigenvalue weighted by Crippen LogP contribution is 2.30. The van der Waals surface area contributed by atoms with Crippen molar-refractivity contribution in [3.8, 4) is 0 Å². The molecule has 4 rings (SSSR count). The predicted molar refractivity (Wildman–Crippen MR) is 97.5 cm³/mol. The molecule has 5 nitrogen and oxygen atoms in total. The van der Waals surface area contributed by atoms with Gasteiger partial charge in [-0.1, -0.05) is 7.43 Å². The smallest absolute Gasteiger partial charge is 0.230 e. The summed E-state index contributed by atoms with van der Waals surface area (Å²) in [4.78, 5) is 32.0. The van der Waals surface area contributed by atoms with Crippen LogP contribution in [0.25, 0.3) is 0 Å². The number of benzene rings is 1. The highest BCUT2D eigenvalue weighted by molar-refractivity contribution is 6.26. The molecule has 1 fully saturated rings. The van der Waals surface area contributed by atoms with E-state index in [1.54, 1.807) is 24.3 Å². The fraction of sp³-hybridized carbons (Fsp3) is 0.250. The molecule has 0 unspecified atom stereocenters. The van der Waals surface area contributed by atoms with E-state index in [4.69, 9.17) is 0 Å². The van der Waals surface area contributed by atoms with Gasteiger partial charge in [0.25, 0.3) is 0 Å². The molecule has 0 saturated carbocycles. The van der Waals surface area contributed by atoms with Gasteiger partial charge < -0.3 is 10.2 Å². The first-order valence-corrected chi connectivity index (χ1v) is 8.21. The van der Waals surface area contributed by atoms with Crippen molar-refractivity contribution in [1.82, 2.24) is 9.88 Å². The quantitative estimate of drug-likeness (QED) is 0.912. The molecule has 6 heteroatoms. The Morgan fingerprint density at radius 3 is 2.38 bits per heavy atom. The number of rotatable bonds is 3. The molecule has 0 bridgehead atoms. The summed E-state index contributed by atoms with van der Waals surface area (Å²) in [6.45, 7) is 1.45. The zero-order valence-electron chi connectivity index (χ0n) is 13.5. The molecular formula is C20H20FN3O2. The van der Waals surface area contributed by atoms with Gasteiger partial charge in [0.1, 0.15) is 22.9 Å². The molecule has 26 heavy (non-hydrogen) atoms. The van der Waals surface area contributed by atoms with Crippen molar-refractivity contribution in [2.75, 3.05) is 18.4 Å². The fourth-order valence-electron chi connectivity index (χ4n) is 3.27. The van der Waals surface area contributed by atoms with E-state index in [0.29, 0.717) is 16.9 Å². The normalized spacial score (nSPS) is 16.4. The number of fused-ring (bicyclic) bond motifs is 1. The number of carbonyl (C=O) groups is 2. The number of Topliss-reactive ketones (excluding diaryl/α,β-unsaturated/α-hetero) is 2. The van der Waals surface area contributed by atoms with Crippen LogP contribution in [0.4, 0.5) is 10.1 Å². The molecule has 1 aromatic heterocycles. The van der Waals surface area contributed by atoms with Gasteiger partial charge in [-0.25, -0.2) is 4.39 Å². The van der Waals surface area contributed by atoms with E-state index in [-0.39, 0.29) is 36.2 Å². The van der Waals surface area contributed by atoms with Crippen LogP contribution in [0, 0.1) is 5.82 Å². The number of hydrogen-bond donors (Lipinski definition) is 1. The molecular weight excluding hydrogens is 333 g/mol. The lowest BCUT2D eigenvalue weighted by Crippen LogP contribution is -2.35. The van der Waals surface area contributed by atoms with Crippen molar-refractivity contribution in [1.29, 1.82) is 0 Å². The van der Waals surface area contributed by atoms with Gasteiger partial charge in [0.2, 0.25) is 11.6 Å². The Hall–Kier alpha value is -3.02. The molecule has 2 aliphatic rings. The van der Waals surface area contributed by atoms with Gasteiger partial charge in [0, 0.05) is 25.0 Å². The predicted octanol–water partition coefficient (Wildman–Crippen LogP) is 3.66. The van der Waals surface area contributed by atoms with Gasteiger partial charge >= 0.3 is 0 Å². The highest BCUT2D eigenvalue weighted by atomic mass is 19.1. The number of aromatic nitrogens is 1. The molecule has 0 radical (unpaired) electrons. The summed E-state index contributed by atoms with van der Waals surface area (Å²) in [5.41, 5.74) is 1.64. The van der Waals surface area contributed by atoms with Gasteiger partial charge in [-0.05, 0) is 49.2 Å². The van der Waals surface area contributed by atoms with Crippen molar-refractivity contribution >= 4 is 17.3 Å². The minimum atomic E-state index is -0.361. The lowest BCUT2D eigenvalue weighted by molar-refractivity contribution is 0.0943. The SMILES string of the molecule is C.O=C1C(Nc2ccc(F)cc2)=C(N2CCCC2)C(=O)c2ncccc21. The molecule has 1 aliphatic carbocycles. The van der Waals surface area contributed by atoms with Crippen molar-refractivity contribution in [2.24, 2.45) is 0 Å². The molecule has 134 valence electrons. The van der Waals surface area contributed by atoms with E-state index in [1.807, 2.05) is 4.90 Å². The van der Waals surface area contributed by atoms with Crippen LogP contribution >= 0.6 is 0 Å². The molecule has 0 atom stereocenters. The van der Waals surface area contributed by atoms with Crippen molar-refractivity contribution in [2.45, 2.75) is 20.3 Å². The summed E-state index contributed by atoms with van der Waals surface area (Å²) >= 11 is 0. The summed E-state index contributed by atoms with van der Waals surface area (Å²) in [6, 6.07) is 8.95. The first-order chi connectivity index (χ1) is 12.1. The van der Waals surface area contributed by atoms with Gasteiger partial charge in [-0.15, -0.1) is 0 Å². The third-order valence-electron chi connectivity index (χ3n) is 4.48. The Morgan fingerprint density at radius 1 is 1.00 bits per heavy atom. The number of carbonyl (C=O) groups excluding carboxylic acids is 2. The summed E-state index contributed by atoms with van der Waals surface area (Å²) in [5, 5.41) is 3.03. The standard InChI is InChI=1S/C19H16FN3O2.CH4/c20-12-5-7-13(8-6-12)22-16-17(23-10-1-2-11-23)19(25)15-14(18(16)24)4-3-9-21-15;/h3-9,22H,1-2,10-11H2;1H4. The maximum atomic E-state index is 13.1. The van der Waals surface area contributed by atoms with E-state index in [1.165, 1.54) is 18.3 Å². The number of pyridine rings is 1. The van der Waals surface area contributed by atoms with Crippen molar-refractivity contribution in [3.63, 3.8) is 0 Å². The van der Waals surface area contributed by atoms with E-state index < -0.39 is 0 Å². The van der Waals surface area contributed by atoms with Crippen LogP contribution in [-0.4, -0.2) is 34.5 Å². The van der Waals surface area contributed by atoms with Crippen molar-refractivity contribution in [3.05, 3.63) is 71.1 Å². The van der Waals surface area contributed by atoms with Gasteiger partial charge in [0.05, 0.1) is 5.56 Å². The van der Waals surface area contributed by atoms with Crippen LogP contribution in [0.15, 0.2) is 54.0 Å². The number of nitrogens with one attached hydrogen (secondary N) is 1. The fourth-order valence-corrected chi connectivity index (χ4v) is 3.27. The van der Waals surface area contributed by atoms with Gasteiger partial charge in [-0.3, -0.25) is 14.6 Å². The second-order valence-electron chi connectivity index (χ2n) is 6.11. The Labute approximate surface area is 151 Å². The monoisotopic (exact) mass is 353 g/mol. The number of allylic oxidation sites excluding steroid dienone is 2. The summed E-state index contributed by atoms with van der Waals surface area (Å²) in [6.07, 6.45) is 3.47. The second kappa shape index (κ2) is 7.07. The van der Waals surface area contributed by atoms with E-state index in [0.717, 1.165) is 25.9 Å². The minimum absolute atomic E-state index is 0. The first-order valence-electron chi connectivity index (χ1n) is 8.21. The van der Waals surface area contributed by atoms with Crippen LogP contribution < -0.4 is 5.32 Å². The maximum Gasteiger partial charge on any atom is 0.230 e.